The molecule has 1 aromatic rings. The molecular weight excluding hydrogens is 189 g/mol. The van der Waals surface area contributed by atoms with E-state index in [1.165, 1.54) is 6.92 Å². The van der Waals surface area contributed by atoms with Gasteiger partial charge in [0.1, 0.15) is 11.5 Å². The van der Waals surface area contributed by atoms with E-state index in [9.17, 15) is 14.1 Å². The van der Waals surface area contributed by atoms with Crippen LogP contribution in [0.4, 0.5) is 10.1 Å². The van der Waals surface area contributed by atoms with Crippen LogP contribution in [0.3, 0.4) is 0 Å². The van der Waals surface area contributed by atoms with E-state index in [2.05, 4.69) is 9.91 Å². The zero-order valence-corrected chi connectivity index (χ0v) is 7.70. The number of halogens is 1. The second kappa shape index (κ2) is 3.95. The van der Waals surface area contributed by atoms with Crippen molar-refractivity contribution in [1.29, 1.82) is 0 Å². The van der Waals surface area contributed by atoms with E-state index in [0.29, 0.717) is 0 Å². The van der Waals surface area contributed by atoms with Gasteiger partial charge in [-0.15, -0.1) is 4.91 Å². The maximum absolute atomic E-state index is 13.0. The van der Waals surface area contributed by atoms with E-state index < -0.39 is 11.8 Å². The van der Waals surface area contributed by atoms with Gasteiger partial charge in [0, 0.05) is 5.56 Å². The van der Waals surface area contributed by atoms with Gasteiger partial charge < -0.3 is 4.74 Å². The zero-order valence-electron chi connectivity index (χ0n) is 7.70. The lowest BCUT2D eigenvalue weighted by Gasteiger charge is -2.05. The molecule has 0 heterocycles. The molecule has 0 radical (unpaired) electrons. The summed E-state index contributed by atoms with van der Waals surface area (Å²) in [5.74, 6) is -1.34. The van der Waals surface area contributed by atoms with Crippen molar-refractivity contribution in [2.45, 2.75) is 6.92 Å². The number of rotatable bonds is 2. The molecule has 0 aliphatic rings. The van der Waals surface area contributed by atoms with Gasteiger partial charge in [0.25, 0.3) is 0 Å². The van der Waals surface area contributed by atoms with E-state index in [1.807, 2.05) is 0 Å². The number of nitrogens with zero attached hydrogens (tertiary/aromatic N) is 1. The van der Waals surface area contributed by atoms with Crippen LogP contribution >= 0.6 is 0 Å². The summed E-state index contributed by atoms with van der Waals surface area (Å²) in [4.78, 5) is 21.5. The van der Waals surface area contributed by atoms with Crippen LogP contribution in [0, 0.1) is 17.6 Å². The van der Waals surface area contributed by atoms with Crippen molar-refractivity contribution >= 4 is 11.7 Å². The first kappa shape index (κ1) is 10.3. The average molecular weight is 197 g/mol. The van der Waals surface area contributed by atoms with E-state index in [0.717, 1.165) is 19.2 Å². The molecule has 0 fully saturated rings. The van der Waals surface area contributed by atoms with Gasteiger partial charge in [0.2, 0.25) is 0 Å². The smallest absolute Gasteiger partial charge is 0.340 e. The Morgan fingerprint density at radius 2 is 2.14 bits per heavy atom. The van der Waals surface area contributed by atoms with Crippen molar-refractivity contribution < 1.29 is 13.9 Å². The van der Waals surface area contributed by atoms with Crippen molar-refractivity contribution in [3.05, 3.63) is 34.0 Å². The molecule has 0 aromatic heterocycles. The van der Waals surface area contributed by atoms with Crippen LogP contribution in [0.5, 0.6) is 0 Å². The van der Waals surface area contributed by atoms with Gasteiger partial charge in [0.05, 0.1) is 12.7 Å². The minimum Gasteiger partial charge on any atom is -0.465 e. The van der Waals surface area contributed by atoms with Crippen LogP contribution in [-0.2, 0) is 4.74 Å². The topological polar surface area (TPSA) is 55.7 Å². The number of methoxy groups -OCH3 is 1. The summed E-state index contributed by atoms with van der Waals surface area (Å²) in [6.07, 6.45) is 0. The molecule has 1 aromatic carbocycles. The molecule has 0 aliphatic carbocycles. The molecule has 0 saturated carbocycles. The Balaban J connectivity index is 3.42. The number of benzene rings is 1. The first-order valence-corrected chi connectivity index (χ1v) is 3.82. The van der Waals surface area contributed by atoms with Gasteiger partial charge in [-0.05, 0) is 24.2 Å². The molecule has 0 N–H and O–H groups in total. The Kier molecular flexibility index (Phi) is 2.91. The second-order valence-electron chi connectivity index (χ2n) is 2.65. The van der Waals surface area contributed by atoms with E-state index in [4.69, 9.17) is 0 Å². The van der Waals surface area contributed by atoms with Crippen LogP contribution in [0.15, 0.2) is 17.3 Å². The third-order valence-electron chi connectivity index (χ3n) is 1.86. The fourth-order valence-electron chi connectivity index (χ4n) is 1.11. The third-order valence-corrected chi connectivity index (χ3v) is 1.86. The first-order valence-electron chi connectivity index (χ1n) is 3.82. The molecule has 1 rings (SSSR count). The third kappa shape index (κ3) is 1.61. The Hall–Kier alpha value is -1.78. The van der Waals surface area contributed by atoms with Crippen LogP contribution in [0.25, 0.3) is 0 Å². The molecule has 0 bridgehead atoms. The first-order chi connectivity index (χ1) is 6.61. The summed E-state index contributed by atoms with van der Waals surface area (Å²) >= 11 is 0. The molecule has 0 saturated heterocycles. The maximum Gasteiger partial charge on any atom is 0.340 e. The maximum atomic E-state index is 13.0. The van der Waals surface area contributed by atoms with Gasteiger partial charge >= 0.3 is 5.97 Å². The highest BCUT2D eigenvalue weighted by Gasteiger charge is 2.18. The van der Waals surface area contributed by atoms with Crippen LogP contribution in [0.1, 0.15) is 15.9 Å². The highest BCUT2D eigenvalue weighted by molar-refractivity contribution is 5.96. The van der Waals surface area contributed by atoms with Crippen LogP contribution in [-0.4, -0.2) is 13.1 Å². The highest BCUT2D eigenvalue weighted by Crippen LogP contribution is 2.25. The number of carbonyl (C=O) groups excluding carboxylic acids is 1. The summed E-state index contributed by atoms with van der Waals surface area (Å²) in [5, 5.41) is 2.62. The monoisotopic (exact) mass is 197 g/mol. The van der Waals surface area contributed by atoms with Gasteiger partial charge in [-0.3, -0.25) is 0 Å². The average Bonchev–Trinajstić information content (AvgIpc) is 2.20. The number of hydrogen-bond acceptors (Lipinski definition) is 4. The molecule has 74 valence electrons. The van der Waals surface area contributed by atoms with Gasteiger partial charge in [0.15, 0.2) is 0 Å². The number of ether oxygens (including phenoxy) is 1. The lowest BCUT2D eigenvalue weighted by molar-refractivity contribution is 0.0600. The second-order valence-corrected chi connectivity index (χ2v) is 2.65. The molecule has 0 aliphatic heterocycles. The van der Waals surface area contributed by atoms with Gasteiger partial charge in [-0.2, -0.15) is 0 Å². The minimum atomic E-state index is -0.767. The Morgan fingerprint density at radius 1 is 1.50 bits per heavy atom. The lowest BCUT2D eigenvalue weighted by atomic mass is 10.1. The fraction of sp³-hybridized carbons (Fsp3) is 0.222. The van der Waals surface area contributed by atoms with Gasteiger partial charge in [-0.1, -0.05) is 0 Å². The molecule has 0 spiro atoms. The number of esters is 1. The molecule has 4 nitrogen and oxygen atoms in total. The summed E-state index contributed by atoms with van der Waals surface area (Å²) in [5.41, 5.74) is -0.174. The molecule has 0 amide bonds. The van der Waals surface area contributed by atoms with Crippen LogP contribution in [0.2, 0.25) is 0 Å². The Labute approximate surface area is 79.7 Å². The molecular formula is C9H8FNO3. The quantitative estimate of drug-likeness (QED) is 0.540. The summed E-state index contributed by atoms with van der Waals surface area (Å²) in [6, 6.07) is 2.22. The van der Waals surface area contributed by atoms with Crippen molar-refractivity contribution in [3.63, 3.8) is 0 Å². The summed E-state index contributed by atoms with van der Waals surface area (Å²) in [7, 11) is 1.15. The lowest BCUT2D eigenvalue weighted by Crippen LogP contribution is -2.05. The van der Waals surface area contributed by atoms with Crippen molar-refractivity contribution in [3.8, 4) is 0 Å². The SMILES string of the molecule is COC(=O)c1c(N=O)ccc(F)c1C. The number of nitroso groups, excluding NO2 is 1. The van der Waals surface area contributed by atoms with Crippen molar-refractivity contribution in [1.82, 2.24) is 0 Å². The van der Waals surface area contributed by atoms with E-state index >= 15 is 0 Å². The number of carbonyl (C=O) groups is 1. The predicted octanol–water partition coefficient (Wildman–Crippen LogP) is 2.32. The minimum absolute atomic E-state index is 0.0638. The normalized spacial score (nSPS) is 9.64. The predicted molar refractivity (Wildman–Crippen MR) is 47.9 cm³/mol. The molecule has 5 heteroatoms. The molecule has 0 atom stereocenters. The Bertz CT molecular complexity index is 390. The van der Waals surface area contributed by atoms with E-state index in [-0.39, 0.29) is 16.8 Å². The van der Waals surface area contributed by atoms with E-state index in [1.54, 1.807) is 0 Å². The molecule has 14 heavy (non-hydrogen) atoms. The summed E-state index contributed by atoms with van der Waals surface area (Å²) < 4.78 is 17.5. The zero-order chi connectivity index (χ0) is 10.7. The van der Waals surface area contributed by atoms with Crippen molar-refractivity contribution in [2.75, 3.05) is 7.11 Å². The summed E-state index contributed by atoms with van der Waals surface area (Å²) in [6.45, 7) is 1.39. The largest absolute Gasteiger partial charge is 0.465 e. The highest BCUT2D eigenvalue weighted by atomic mass is 19.1. The Morgan fingerprint density at radius 3 is 2.64 bits per heavy atom. The van der Waals surface area contributed by atoms with Crippen LogP contribution < -0.4 is 0 Å². The van der Waals surface area contributed by atoms with Crippen molar-refractivity contribution in [2.24, 2.45) is 5.18 Å². The fourth-order valence-corrected chi connectivity index (χ4v) is 1.11. The standard InChI is InChI=1S/C9H8FNO3/c1-5-6(10)3-4-7(11-13)8(5)9(12)14-2/h3-4H,1-2H3. The van der Waals surface area contributed by atoms with Gasteiger partial charge in [-0.25, -0.2) is 9.18 Å². The number of hydrogen-bond donors (Lipinski definition) is 0. The molecule has 0 unspecified atom stereocenters.